The zero-order valence-electron chi connectivity index (χ0n) is 10.8. The fourth-order valence-corrected chi connectivity index (χ4v) is 3.37. The third-order valence-electron chi connectivity index (χ3n) is 3.03. The van der Waals surface area contributed by atoms with Gasteiger partial charge >= 0.3 is 0 Å². The number of hydrogen-bond donors (Lipinski definition) is 1. The first-order chi connectivity index (χ1) is 8.67. The fraction of sp³-hybridized carbons (Fsp3) is 0.357. The Bertz CT molecular complexity index is 589. The lowest BCUT2D eigenvalue weighted by molar-refractivity contribution is 0.415. The Kier molecular flexibility index (Phi) is 2.74. The second-order valence-corrected chi connectivity index (χ2v) is 5.87. The van der Waals surface area contributed by atoms with Crippen LogP contribution >= 0.6 is 11.3 Å². The lowest BCUT2D eigenvalue weighted by atomic mass is 10.1. The monoisotopic (exact) mass is 260 g/mol. The minimum absolute atomic E-state index is 0.418. The summed E-state index contributed by atoms with van der Waals surface area (Å²) in [6.45, 7) is 4.26. The van der Waals surface area contributed by atoms with Crippen LogP contribution in [0.2, 0.25) is 0 Å². The lowest BCUT2D eigenvalue weighted by Crippen LogP contribution is -2.09. The van der Waals surface area contributed by atoms with E-state index < -0.39 is 0 Å². The summed E-state index contributed by atoms with van der Waals surface area (Å²) in [6.07, 6.45) is 0.992. The van der Waals surface area contributed by atoms with Crippen LogP contribution < -0.4 is 10.1 Å². The normalized spacial score (nSPS) is 12.4. The molecule has 0 fully saturated rings. The van der Waals surface area contributed by atoms with Crippen molar-refractivity contribution in [1.82, 2.24) is 4.98 Å². The summed E-state index contributed by atoms with van der Waals surface area (Å²) in [5.41, 5.74) is 3.69. The number of rotatable bonds is 3. The van der Waals surface area contributed by atoms with Gasteiger partial charge in [-0.15, -0.1) is 11.3 Å². The van der Waals surface area contributed by atoms with E-state index >= 15 is 0 Å². The summed E-state index contributed by atoms with van der Waals surface area (Å²) < 4.78 is 5.29. The quantitative estimate of drug-likeness (QED) is 0.782. The zero-order chi connectivity index (χ0) is 12.7. The number of fused-ring (bicyclic) bond motifs is 3. The summed E-state index contributed by atoms with van der Waals surface area (Å²) in [6, 6.07) is 6.65. The van der Waals surface area contributed by atoms with Gasteiger partial charge in [-0.25, -0.2) is 4.98 Å². The van der Waals surface area contributed by atoms with Crippen molar-refractivity contribution in [3.8, 4) is 17.0 Å². The third kappa shape index (κ3) is 1.86. The highest BCUT2D eigenvalue weighted by molar-refractivity contribution is 7.16. The third-order valence-corrected chi connectivity index (χ3v) is 4.02. The number of aromatic nitrogens is 1. The number of methoxy groups -OCH3 is 1. The van der Waals surface area contributed by atoms with Crippen molar-refractivity contribution >= 4 is 16.5 Å². The van der Waals surface area contributed by atoms with Crippen LogP contribution in [-0.2, 0) is 6.42 Å². The summed E-state index contributed by atoms with van der Waals surface area (Å²) in [5, 5.41) is 4.39. The van der Waals surface area contributed by atoms with Crippen LogP contribution in [-0.4, -0.2) is 18.1 Å². The van der Waals surface area contributed by atoms with E-state index in [2.05, 4.69) is 31.3 Å². The van der Waals surface area contributed by atoms with Crippen LogP contribution in [0.4, 0.5) is 5.13 Å². The molecular weight excluding hydrogens is 244 g/mol. The standard InChI is InChI=1S/C14H16N2OS/c1-8(2)15-14-16-13-11-7-10(17-3)5-4-9(11)6-12(13)18-14/h4-5,7-8H,6H2,1-3H3,(H,15,16). The first-order valence-electron chi connectivity index (χ1n) is 6.11. The summed E-state index contributed by atoms with van der Waals surface area (Å²) in [5.74, 6) is 0.896. The van der Waals surface area contributed by atoms with Gasteiger partial charge in [-0.05, 0) is 31.5 Å². The number of thiazole rings is 1. The highest BCUT2D eigenvalue weighted by atomic mass is 32.1. The van der Waals surface area contributed by atoms with Gasteiger partial charge in [-0.3, -0.25) is 0 Å². The molecule has 3 nitrogen and oxygen atoms in total. The van der Waals surface area contributed by atoms with Crippen molar-refractivity contribution in [3.05, 3.63) is 28.6 Å². The predicted octanol–water partition coefficient (Wildman–Crippen LogP) is 3.54. The van der Waals surface area contributed by atoms with Crippen LogP contribution in [0.1, 0.15) is 24.3 Å². The number of benzene rings is 1. The van der Waals surface area contributed by atoms with E-state index in [0.29, 0.717) is 6.04 Å². The highest BCUT2D eigenvalue weighted by Crippen LogP contribution is 2.42. The van der Waals surface area contributed by atoms with Crippen molar-refractivity contribution in [2.45, 2.75) is 26.3 Å². The van der Waals surface area contributed by atoms with Gasteiger partial charge in [0.25, 0.3) is 0 Å². The molecule has 1 aromatic heterocycles. The molecule has 3 rings (SSSR count). The van der Waals surface area contributed by atoms with Gasteiger partial charge in [0.05, 0.1) is 12.8 Å². The number of nitrogens with one attached hydrogen (secondary N) is 1. The molecule has 0 aliphatic heterocycles. The molecule has 0 spiro atoms. The molecule has 2 aromatic rings. The Balaban J connectivity index is 2.00. The molecule has 4 heteroatoms. The van der Waals surface area contributed by atoms with Gasteiger partial charge in [0.15, 0.2) is 5.13 Å². The largest absolute Gasteiger partial charge is 0.497 e. The predicted molar refractivity (Wildman–Crippen MR) is 75.7 cm³/mol. The van der Waals surface area contributed by atoms with Crippen molar-refractivity contribution < 1.29 is 4.74 Å². The van der Waals surface area contributed by atoms with Crippen molar-refractivity contribution in [2.24, 2.45) is 0 Å². The Hall–Kier alpha value is -1.55. The molecule has 1 heterocycles. The molecule has 0 bridgehead atoms. The molecule has 1 aliphatic rings. The van der Waals surface area contributed by atoms with Crippen LogP contribution in [0.3, 0.4) is 0 Å². The number of ether oxygens (including phenoxy) is 1. The van der Waals surface area contributed by atoms with Crippen LogP contribution in [0.15, 0.2) is 18.2 Å². The molecule has 1 aliphatic carbocycles. The minimum Gasteiger partial charge on any atom is -0.497 e. The van der Waals surface area contributed by atoms with Crippen molar-refractivity contribution in [1.29, 1.82) is 0 Å². The molecule has 1 aromatic carbocycles. The topological polar surface area (TPSA) is 34.1 Å². The van der Waals surface area contributed by atoms with Crippen LogP contribution in [0.5, 0.6) is 5.75 Å². The summed E-state index contributed by atoms with van der Waals surface area (Å²) >= 11 is 1.76. The molecule has 18 heavy (non-hydrogen) atoms. The molecular formula is C14H16N2OS. The van der Waals surface area contributed by atoms with E-state index in [9.17, 15) is 0 Å². The van der Waals surface area contributed by atoms with E-state index in [4.69, 9.17) is 9.72 Å². The smallest absolute Gasteiger partial charge is 0.183 e. The molecule has 94 valence electrons. The second kappa shape index (κ2) is 4.28. The molecule has 1 N–H and O–H groups in total. The zero-order valence-corrected chi connectivity index (χ0v) is 11.6. The summed E-state index contributed by atoms with van der Waals surface area (Å²) in [4.78, 5) is 6.05. The van der Waals surface area contributed by atoms with E-state index in [-0.39, 0.29) is 0 Å². The Labute approximate surface area is 111 Å². The van der Waals surface area contributed by atoms with E-state index in [1.165, 1.54) is 16.0 Å². The number of hydrogen-bond acceptors (Lipinski definition) is 4. The van der Waals surface area contributed by atoms with E-state index in [1.54, 1.807) is 18.4 Å². The minimum atomic E-state index is 0.418. The van der Waals surface area contributed by atoms with Gasteiger partial charge in [0.2, 0.25) is 0 Å². The van der Waals surface area contributed by atoms with Gasteiger partial charge in [-0.1, -0.05) is 6.07 Å². The molecule has 0 radical (unpaired) electrons. The van der Waals surface area contributed by atoms with Gasteiger partial charge in [0.1, 0.15) is 5.75 Å². The van der Waals surface area contributed by atoms with Crippen LogP contribution in [0.25, 0.3) is 11.3 Å². The fourth-order valence-electron chi connectivity index (χ4n) is 2.22. The maximum absolute atomic E-state index is 5.29. The lowest BCUT2D eigenvalue weighted by Gasteiger charge is -2.06. The average molecular weight is 260 g/mol. The van der Waals surface area contributed by atoms with Crippen molar-refractivity contribution in [2.75, 3.05) is 12.4 Å². The Morgan fingerprint density at radius 1 is 1.39 bits per heavy atom. The van der Waals surface area contributed by atoms with E-state index in [1.807, 2.05) is 6.07 Å². The molecule has 0 saturated heterocycles. The Morgan fingerprint density at radius 3 is 2.94 bits per heavy atom. The van der Waals surface area contributed by atoms with Gasteiger partial charge in [-0.2, -0.15) is 0 Å². The number of anilines is 1. The van der Waals surface area contributed by atoms with Crippen LogP contribution in [0, 0.1) is 0 Å². The summed E-state index contributed by atoms with van der Waals surface area (Å²) in [7, 11) is 1.70. The van der Waals surface area contributed by atoms with Crippen molar-refractivity contribution in [3.63, 3.8) is 0 Å². The first-order valence-corrected chi connectivity index (χ1v) is 6.92. The highest BCUT2D eigenvalue weighted by Gasteiger charge is 2.23. The Morgan fingerprint density at radius 2 is 2.22 bits per heavy atom. The first kappa shape index (κ1) is 11.5. The number of nitrogens with zero attached hydrogens (tertiary/aromatic N) is 1. The van der Waals surface area contributed by atoms with Gasteiger partial charge in [0, 0.05) is 22.9 Å². The SMILES string of the molecule is COc1ccc2c(c1)-c1nc(NC(C)C)sc1C2. The average Bonchev–Trinajstić information content (AvgIpc) is 2.84. The van der Waals surface area contributed by atoms with E-state index in [0.717, 1.165) is 23.0 Å². The van der Waals surface area contributed by atoms with Gasteiger partial charge < -0.3 is 10.1 Å². The molecule has 0 saturated carbocycles. The molecule has 0 unspecified atom stereocenters. The maximum Gasteiger partial charge on any atom is 0.183 e. The molecule has 0 amide bonds. The molecule has 0 atom stereocenters. The second-order valence-electron chi connectivity index (χ2n) is 4.79. The maximum atomic E-state index is 5.29.